The summed E-state index contributed by atoms with van der Waals surface area (Å²) in [6.45, 7) is 4.05. The van der Waals surface area contributed by atoms with Crippen molar-refractivity contribution in [1.82, 2.24) is 15.3 Å². The van der Waals surface area contributed by atoms with Gasteiger partial charge in [0, 0.05) is 44.1 Å². The van der Waals surface area contributed by atoms with Crippen LogP contribution in [-0.2, 0) is 6.54 Å². The fraction of sp³-hybridized carbons (Fsp3) is 0.667. The number of anilines is 1. The maximum Gasteiger partial charge on any atom is 0.224 e. The van der Waals surface area contributed by atoms with Gasteiger partial charge in [0.1, 0.15) is 0 Å². The van der Waals surface area contributed by atoms with Crippen LogP contribution >= 0.6 is 0 Å². The first-order valence-electron chi connectivity index (χ1n) is 6.05. The van der Waals surface area contributed by atoms with Crippen LogP contribution in [-0.4, -0.2) is 29.6 Å². The first kappa shape index (κ1) is 11.3. The Morgan fingerprint density at radius 1 is 1.38 bits per heavy atom. The molecule has 0 amide bonds. The molecule has 1 aromatic rings. The number of aromatic nitrogens is 2. The van der Waals surface area contributed by atoms with Gasteiger partial charge in [-0.3, -0.25) is 0 Å². The van der Waals surface area contributed by atoms with Crippen LogP contribution in [0.1, 0.15) is 31.7 Å². The van der Waals surface area contributed by atoms with Crippen LogP contribution in [0, 0.1) is 0 Å². The average Bonchev–Trinajstić information content (AvgIpc) is 3.11. The predicted molar refractivity (Wildman–Crippen MR) is 65.5 cm³/mol. The van der Waals surface area contributed by atoms with Crippen LogP contribution in [0.2, 0.25) is 0 Å². The number of rotatable bonds is 6. The fourth-order valence-corrected chi connectivity index (χ4v) is 1.62. The molecule has 0 aliphatic heterocycles. The molecule has 0 unspecified atom stereocenters. The Labute approximate surface area is 97.1 Å². The van der Waals surface area contributed by atoms with Crippen LogP contribution in [0.4, 0.5) is 5.95 Å². The highest BCUT2D eigenvalue weighted by Gasteiger charge is 2.19. The second-order valence-electron chi connectivity index (χ2n) is 4.47. The van der Waals surface area contributed by atoms with Gasteiger partial charge in [0.25, 0.3) is 0 Å². The van der Waals surface area contributed by atoms with E-state index >= 15 is 0 Å². The summed E-state index contributed by atoms with van der Waals surface area (Å²) in [7, 11) is 2.03. The lowest BCUT2D eigenvalue weighted by Gasteiger charge is -2.15. The van der Waals surface area contributed by atoms with Gasteiger partial charge >= 0.3 is 0 Å². The number of hydrogen-bond acceptors (Lipinski definition) is 4. The summed E-state index contributed by atoms with van der Waals surface area (Å²) in [5, 5.41) is 3.45. The minimum Gasteiger partial charge on any atom is -0.344 e. The van der Waals surface area contributed by atoms with Gasteiger partial charge in [0.2, 0.25) is 5.95 Å². The van der Waals surface area contributed by atoms with Gasteiger partial charge < -0.3 is 10.2 Å². The molecule has 88 valence electrons. The van der Waals surface area contributed by atoms with E-state index in [1.165, 1.54) is 18.4 Å². The Morgan fingerprint density at radius 3 is 2.62 bits per heavy atom. The van der Waals surface area contributed by atoms with Crippen LogP contribution in [0.25, 0.3) is 0 Å². The Balaban J connectivity index is 1.87. The quantitative estimate of drug-likeness (QED) is 0.790. The van der Waals surface area contributed by atoms with Crippen molar-refractivity contribution in [2.45, 2.75) is 38.8 Å². The topological polar surface area (TPSA) is 41.1 Å². The first-order chi connectivity index (χ1) is 7.79. The number of hydrogen-bond donors (Lipinski definition) is 1. The highest BCUT2D eigenvalue weighted by atomic mass is 15.2. The van der Waals surface area contributed by atoms with Crippen LogP contribution in [0.5, 0.6) is 0 Å². The molecule has 1 aromatic heterocycles. The summed E-state index contributed by atoms with van der Waals surface area (Å²) in [4.78, 5) is 10.8. The van der Waals surface area contributed by atoms with Gasteiger partial charge in [0.05, 0.1) is 0 Å². The predicted octanol–water partition coefficient (Wildman–Crippen LogP) is 1.57. The van der Waals surface area contributed by atoms with Crippen LogP contribution in [0.15, 0.2) is 12.4 Å². The van der Waals surface area contributed by atoms with Gasteiger partial charge in [-0.1, -0.05) is 6.92 Å². The highest BCUT2D eigenvalue weighted by molar-refractivity contribution is 5.28. The third-order valence-electron chi connectivity index (χ3n) is 2.76. The third-order valence-corrected chi connectivity index (χ3v) is 2.76. The zero-order valence-corrected chi connectivity index (χ0v) is 10.1. The van der Waals surface area contributed by atoms with E-state index in [0.717, 1.165) is 31.5 Å². The van der Waals surface area contributed by atoms with Crippen molar-refractivity contribution in [1.29, 1.82) is 0 Å². The SMILES string of the molecule is CCCN(C)c1ncc(CNC2CC2)cn1. The largest absolute Gasteiger partial charge is 0.344 e. The molecule has 4 nitrogen and oxygen atoms in total. The second-order valence-corrected chi connectivity index (χ2v) is 4.47. The van der Waals surface area contributed by atoms with Crippen molar-refractivity contribution in [3.63, 3.8) is 0 Å². The van der Waals surface area contributed by atoms with E-state index in [0.29, 0.717) is 0 Å². The summed E-state index contributed by atoms with van der Waals surface area (Å²) < 4.78 is 0. The molecule has 0 bridgehead atoms. The van der Waals surface area contributed by atoms with Crippen LogP contribution in [0.3, 0.4) is 0 Å². The van der Waals surface area contributed by atoms with Gasteiger partial charge in [-0.15, -0.1) is 0 Å². The highest BCUT2D eigenvalue weighted by Crippen LogP contribution is 2.19. The minimum atomic E-state index is 0.738. The van der Waals surface area contributed by atoms with E-state index in [-0.39, 0.29) is 0 Å². The molecule has 0 aromatic carbocycles. The normalized spacial score (nSPS) is 15.1. The summed E-state index contributed by atoms with van der Waals surface area (Å²) in [5.74, 6) is 0.817. The first-order valence-corrected chi connectivity index (χ1v) is 6.05. The monoisotopic (exact) mass is 220 g/mol. The lowest BCUT2D eigenvalue weighted by molar-refractivity contribution is 0.682. The summed E-state index contributed by atoms with van der Waals surface area (Å²) in [6.07, 6.45) is 7.59. The van der Waals surface area contributed by atoms with Gasteiger partial charge in [-0.05, 0) is 19.3 Å². The van der Waals surface area contributed by atoms with Gasteiger partial charge in [0.15, 0.2) is 0 Å². The van der Waals surface area contributed by atoms with Crippen molar-refractivity contribution < 1.29 is 0 Å². The molecule has 0 radical (unpaired) electrons. The Morgan fingerprint density at radius 2 is 2.06 bits per heavy atom. The van der Waals surface area contributed by atoms with E-state index in [9.17, 15) is 0 Å². The molecule has 0 spiro atoms. The molecule has 1 aliphatic rings. The van der Waals surface area contributed by atoms with E-state index in [2.05, 4.69) is 27.1 Å². The molecule has 1 heterocycles. The molecule has 16 heavy (non-hydrogen) atoms. The molecule has 1 saturated carbocycles. The average molecular weight is 220 g/mol. The molecule has 0 saturated heterocycles. The summed E-state index contributed by atoms with van der Waals surface area (Å²) in [5.41, 5.74) is 1.17. The third kappa shape index (κ3) is 3.17. The Kier molecular flexibility index (Phi) is 3.72. The molecule has 1 N–H and O–H groups in total. The van der Waals surface area contributed by atoms with E-state index < -0.39 is 0 Å². The van der Waals surface area contributed by atoms with Crippen molar-refractivity contribution in [3.8, 4) is 0 Å². The molecule has 0 atom stereocenters. The second kappa shape index (κ2) is 5.25. The molecule has 1 fully saturated rings. The van der Waals surface area contributed by atoms with Gasteiger partial charge in [-0.2, -0.15) is 0 Å². The zero-order valence-electron chi connectivity index (χ0n) is 10.1. The fourth-order valence-electron chi connectivity index (χ4n) is 1.62. The minimum absolute atomic E-state index is 0.738. The standard InChI is InChI=1S/C12H20N4/c1-3-6-16(2)12-14-8-10(9-15-12)7-13-11-4-5-11/h8-9,11,13H,3-7H2,1-2H3. The van der Waals surface area contributed by atoms with E-state index in [4.69, 9.17) is 0 Å². The van der Waals surface area contributed by atoms with Crippen molar-refractivity contribution in [2.24, 2.45) is 0 Å². The maximum absolute atomic E-state index is 4.37. The lowest BCUT2D eigenvalue weighted by Crippen LogP contribution is -2.21. The molecule has 1 aliphatic carbocycles. The zero-order chi connectivity index (χ0) is 11.4. The maximum atomic E-state index is 4.37. The Bertz CT molecular complexity index is 318. The molecular formula is C12H20N4. The Hall–Kier alpha value is -1.16. The number of nitrogens with zero attached hydrogens (tertiary/aromatic N) is 3. The van der Waals surface area contributed by atoms with Crippen LogP contribution < -0.4 is 10.2 Å². The lowest BCUT2D eigenvalue weighted by atomic mass is 10.3. The van der Waals surface area contributed by atoms with Crippen molar-refractivity contribution in [2.75, 3.05) is 18.5 Å². The molecular weight excluding hydrogens is 200 g/mol. The molecule has 2 rings (SSSR count). The number of nitrogens with one attached hydrogen (secondary N) is 1. The van der Waals surface area contributed by atoms with E-state index in [1.54, 1.807) is 0 Å². The van der Waals surface area contributed by atoms with Crippen molar-refractivity contribution >= 4 is 5.95 Å². The summed E-state index contributed by atoms with van der Waals surface area (Å²) in [6, 6.07) is 0.738. The molecule has 4 heteroatoms. The van der Waals surface area contributed by atoms with Crippen molar-refractivity contribution in [3.05, 3.63) is 18.0 Å². The van der Waals surface area contributed by atoms with Gasteiger partial charge in [-0.25, -0.2) is 9.97 Å². The summed E-state index contributed by atoms with van der Waals surface area (Å²) >= 11 is 0. The van der Waals surface area contributed by atoms with E-state index in [1.807, 2.05) is 19.4 Å². The smallest absolute Gasteiger partial charge is 0.224 e.